The number of halogens is 4. The Morgan fingerprint density at radius 2 is 1.90 bits per heavy atom. The summed E-state index contributed by atoms with van der Waals surface area (Å²) in [4.78, 5) is 2.91. The fourth-order valence-corrected chi connectivity index (χ4v) is 0.714. The molecule has 1 nitrogen and oxygen atoms in total. The molecule has 0 atom stereocenters. The van der Waals surface area contributed by atoms with E-state index in [1.54, 1.807) is 0 Å². The van der Waals surface area contributed by atoms with Gasteiger partial charge in [0.2, 0.25) is 5.95 Å². The monoisotopic (exact) mass is 211 g/mol. The molecule has 1 aromatic rings. The number of nitrogens with zero attached hydrogens (tertiary/aromatic N) is 1. The van der Waals surface area contributed by atoms with Crippen molar-refractivity contribution in [2.24, 2.45) is 0 Å². The van der Waals surface area contributed by atoms with Crippen molar-refractivity contribution in [3.63, 3.8) is 0 Å². The van der Waals surface area contributed by atoms with Gasteiger partial charge in [-0.25, -0.2) is 13.8 Å². The van der Waals surface area contributed by atoms with Gasteiger partial charge >= 0.3 is 0 Å². The van der Waals surface area contributed by atoms with Gasteiger partial charge in [-0.2, -0.15) is 4.39 Å². The number of pyridine rings is 1. The predicted molar refractivity (Wildman–Crippen MR) is 31.8 cm³/mol. The third kappa shape index (κ3) is 1.13. The van der Waals surface area contributed by atoms with Crippen molar-refractivity contribution < 1.29 is 13.2 Å². The molecule has 0 bridgehead atoms. The molecule has 0 spiro atoms. The standard InChI is InChI=1S/C5HBrF3N/c6-3-4(8)2(7)1-10-5(3)9/h1H. The average Bonchev–Trinajstić information content (AvgIpc) is 1.93. The topological polar surface area (TPSA) is 12.9 Å². The molecule has 1 heterocycles. The lowest BCUT2D eigenvalue weighted by atomic mass is 10.4. The van der Waals surface area contributed by atoms with E-state index in [9.17, 15) is 13.2 Å². The molecule has 1 aromatic heterocycles. The average molecular weight is 212 g/mol. The number of rotatable bonds is 0. The van der Waals surface area contributed by atoms with Gasteiger partial charge in [-0.3, -0.25) is 0 Å². The third-order valence-electron chi connectivity index (χ3n) is 0.875. The summed E-state index contributed by atoms with van der Waals surface area (Å²) in [5.74, 6) is -3.49. The van der Waals surface area contributed by atoms with Gasteiger partial charge in [-0.05, 0) is 15.9 Å². The van der Waals surface area contributed by atoms with E-state index in [0.29, 0.717) is 6.20 Å². The van der Waals surface area contributed by atoms with E-state index in [0.717, 1.165) is 0 Å². The second-order valence-electron chi connectivity index (χ2n) is 1.52. The first-order valence-electron chi connectivity index (χ1n) is 2.28. The summed E-state index contributed by atoms with van der Waals surface area (Å²) in [6.07, 6.45) is 0.482. The SMILES string of the molecule is Fc1cnc(F)c(Br)c1F. The molecule has 0 saturated heterocycles. The number of aromatic nitrogens is 1. The molecule has 0 aliphatic rings. The van der Waals surface area contributed by atoms with Gasteiger partial charge in [-0.15, -0.1) is 0 Å². The Balaban J connectivity index is 3.34. The lowest BCUT2D eigenvalue weighted by molar-refractivity contribution is 0.470. The number of hydrogen-bond donors (Lipinski definition) is 0. The summed E-state index contributed by atoms with van der Waals surface area (Å²) >= 11 is 2.48. The summed E-state index contributed by atoms with van der Waals surface area (Å²) in [7, 11) is 0. The van der Waals surface area contributed by atoms with Crippen LogP contribution in [0.4, 0.5) is 13.2 Å². The Labute approximate surface area is 63.0 Å². The summed E-state index contributed by atoms with van der Waals surface area (Å²) in [6, 6.07) is 0. The van der Waals surface area contributed by atoms with Crippen molar-refractivity contribution in [3.8, 4) is 0 Å². The minimum atomic E-state index is -1.26. The predicted octanol–water partition coefficient (Wildman–Crippen LogP) is 2.26. The molecule has 0 aromatic carbocycles. The third-order valence-corrected chi connectivity index (χ3v) is 1.55. The fraction of sp³-hybridized carbons (Fsp3) is 0. The van der Waals surface area contributed by atoms with Gasteiger partial charge in [0.05, 0.1) is 6.20 Å². The molecule has 5 heteroatoms. The van der Waals surface area contributed by atoms with Crippen LogP contribution in [0.2, 0.25) is 0 Å². The zero-order valence-electron chi connectivity index (χ0n) is 4.54. The van der Waals surface area contributed by atoms with Gasteiger partial charge in [0.1, 0.15) is 4.47 Å². The van der Waals surface area contributed by atoms with Crippen LogP contribution in [0.3, 0.4) is 0 Å². The Morgan fingerprint density at radius 3 is 2.40 bits per heavy atom. The van der Waals surface area contributed by atoms with E-state index < -0.39 is 22.1 Å². The molecule has 0 fully saturated rings. The summed E-state index contributed by atoms with van der Waals surface area (Å²) in [5.41, 5.74) is 0. The van der Waals surface area contributed by atoms with Crippen LogP contribution in [0, 0.1) is 17.6 Å². The maximum absolute atomic E-state index is 12.3. The van der Waals surface area contributed by atoms with Crippen LogP contribution in [0.25, 0.3) is 0 Å². The highest BCUT2D eigenvalue weighted by atomic mass is 79.9. The second-order valence-corrected chi connectivity index (χ2v) is 2.32. The highest BCUT2D eigenvalue weighted by Gasteiger charge is 2.11. The van der Waals surface area contributed by atoms with Crippen molar-refractivity contribution in [1.82, 2.24) is 4.98 Å². The van der Waals surface area contributed by atoms with E-state index in [2.05, 4.69) is 20.9 Å². The highest BCUT2D eigenvalue weighted by Crippen LogP contribution is 2.18. The van der Waals surface area contributed by atoms with Crippen molar-refractivity contribution in [1.29, 1.82) is 0 Å². The molecule has 0 aliphatic carbocycles. The quantitative estimate of drug-likeness (QED) is 0.601. The molecule has 0 N–H and O–H groups in total. The number of hydrogen-bond acceptors (Lipinski definition) is 1. The zero-order valence-corrected chi connectivity index (χ0v) is 6.12. The summed E-state index contributed by atoms with van der Waals surface area (Å²) in [6.45, 7) is 0. The van der Waals surface area contributed by atoms with Gasteiger partial charge < -0.3 is 0 Å². The maximum Gasteiger partial charge on any atom is 0.230 e. The Morgan fingerprint density at radius 1 is 1.30 bits per heavy atom. The Kier molecular flexibility index (Phi) is 1.94. The molecule has 0 unspecified atom stereocenters. The van der Waals surface area contributed by atoms with Crippen LogP contribution >= 0.6 is 15.9 Å². The normalized spacial score (nSPS) is 10.0. The molecule has 1 rings (SSSR count). The van der Waals surface area contributed by atoms with E-state index in [1.807, 2.05) is 0 Å². The molecular formula is C5HBrF3N. The first-order chi connectivity index (χ1) is 4.63. The van der Waals surface area contributed by atoms with E-state index in [1.165, 1.54) is 0 Å². The molecular weight excluding hydrogens is 211 g/mol. The Bertz CT molecular complexity index is 236. The van der Waals surface area contributed by atoms with Crippen LogP contribution in [0.15, 0.2) is 10.7 Å². The lowest BCUT2D eigenvalue weighted by Crippen LogP contribution is -1.92. The fourth-order valence-electron chi connectivity index (χ4n) is 0.422. The first-order valence-corrected chi connectivity index (χ1v) is 3.07. The molecule has 0 radical (unpaired) electrons. The van der Waals surface area contributed by atoms with Crippen molar-refractivity contribution in [2.45, 2.75) is 0 Å². The van der Waals surface area contributed by atoms with Crippen molar-refractivity contribution >= 4 is 15.9 Å². The van der Waals surface area contributed by atoms with Crippen molar-refractivity contribution in [2.75, 3.05) is 0 Å². The molecule has 0 amide bonds. The largest absolute Gasteiger partial charge is 0.230 e. The molecule has 0 saturated carbocycles. The van der Waals surface area contributed by atoms with Crippen LogP contribution in [-0.2, 0) is 0 Å². The van der Waals surface area contributed by atoms with Gasteiger partial charge in [0.25, 0.3) is 0 Å². The van der Waals surface area contributed by atoms with Crippen LogP contribution in [0.1, 0.15) is 0 Å². The minimum Gasteiger partial charge on any atom is -0.224 e. The van der Waals surface area contributed by atoms with Gasteiger partial charge in [0.15, 0.2) is 11.6 Å². The zero-order chi connectivity index (χ0) is 7.72. The second kappa shape index (κ2) is 2.57. The van der Waals surface area contributed by atoms with Gasteiger partial charge in [-0.1, -0.05) is 0 Å². The molecule has 54 valence electrons. The minimum absolute atomic E-state index is 0.482. The van der Waals surface area contributed by atoms with E-state index in [4.69, 9.17) is 0 Å². The summed E-state index contributed by atoms with van der Waals surface area (Å²) in [5, 5.41) is 0. The Hall–Kier alpha value is -0.580. The van der Waals surface area contributed by atoms with Gasteiger partial charge in [0, 0.05) is 0 Å². The highest BCUT2D eigenvalue weighted by molar-refractivity contribution is 9.10. The first kappa shape index (κ1) is 7.53. The summed E-state index contributed by atoms with van der Waals surface area (Å²) < 4.78 is 36.0. The van der Waals surface area contributed by atoms with Crippen LogP contribution in [0.5, 0.6) is 0 Å². The maximum atomic E-state index is 12.3. The molecule has 0 aliphatic heterocycles. The van der Waals surface area contributed by atoms with Crippen LogP contribution < -0.4 is 0 Å². The lowest BCUT2D eigenvalue weighted by Gasteiger charge is -1.94. The van der Waals surface area contributed by atoms with Crippen LogP contribution in [-0.4, -0.2) is 4.98 Å². The van der Waals surface area contributed by atoms with E-state index in [-0.39, 0.29) is 0 Å². The van der Waals surface area contributed by atoms with E-state index >= 15 is 0 Å². The smallest absolute Gasteiger partial charge is 0.224 e. The van der Waals surface area contributed by atoms with Crippen molar-refractivity contribution in [3.05, 3.63) is 28.3 Å². The molecule has 10 heavy (non-hydrogen) atoms.